The third-order valence-corrected chi connectivity index (χ3v) is 6.20. The lowest BCUT2D eigenvalue weighted by molar-refractivity contribution is -0.127. The Bertz CT molecular complexity index is 888. The second kappa shape index (κ2) is 7.18. The molecule has 2 heterocycles. The molecule has 2 aliphatic rings. The number of aromatic amines is 1. The van der Waals surface area contributed by atoms with E-state index in [-0.39, 0.29) is 18.0 Å². The maximum absolute atomic E-state index is 12.6. The highest BCUT2D eigenvalue weighted by Gasteiger charge is 2.40. The van der Waals surface area contributed by atoms with Gasteiger partial charge in [-0.2, -0.15) is 0 Å². The van der Waals surface area contributed by atoms with Crippen LogP contribution < -0.4 is 10.6 Å². The number of carbonyl (C=O) groups is 3. The Morgan fingerprint density at radius 2 is 2.04 bits per heavy atom. The van der Waals surface area contributed by atoms with Crippen molar-refractivity contribution in [1.82, 2.24) is 15.6 Å². The summed E-state index contributed by atoms with van der Waals surface area (Å²) in [7, 11) is 0. The highest BCUT2D eigenvalue weighted by molar-refractivity contribution is 6.45. The van der Waals surface area contributed by atoms with Gasteiger partial charge in [0.1, 0.15) is 0 Å². The standard InChI is InChI=1S/C21H25N3O3/c1-2-12-9-19(25)24-18-10-13(7-8-14(12)18)23-21(27)20(26)16-11-22-17-6-4-3-5-15(16)17/h3-6,11-14,18,22H,2,7-10H2,1H3,(H,23,27)(H,24,25). The quantitative estimate of drug-likeness (QED) is 0.573. The van der Waals surface area contributed by atoms with Gasteiger partial charge in [-0.3, -0.25) is 14.4 Å². The molecule has 142 valence electrons. The molecule has 0 spiro atoms. The summed E-state index contributed by atoms with van der Waals surface area (Å²) in [6.07, 6.45) is 5.71. The van der Waals surface area contributed by atoms with E-state index in [9.17, 15) is 14.4 Å². The number of amides is 2. The van der Waals surface area contributed by atoms with Crippen LogP contribution in [0.15, 0.2) is 30.5 Å². The van der Waals surface area contributed by atoms with Crippen molar-refractivity contribution >= 4 is 28.5 Å². The third kappa shape index (κ3) is 3.36. The first-order chi connectivity index (χ1) is 13.1. The van der Waals surface area contributed by atoms with E-state index in [1.54, 1.807) is 6.20 Å². The summed E-state index contributed by atoms with van der Waals surface area (Å²) in [6.45, 7) is 2.13. The van der Waals surface area contributed by atoms with E-state index in [2.05, 4.69) is 22.5 Å². The van der Waals surface area contributed by atoms with Crippen molar-refractivity contribution in [2.24, 2.45) is 11.8 Å². The minimum atomic E-state index is -0.572. The molecule has 1 aliphatic heterocycles. The number of ketones is 1. The monoisotopic (exact) mass is 367 g/mol. The molecule has 2 amide bonds. The molecule has 4 unspecified atom stereocenters. The zero-order valence-corrected chi connectivity index (χ0v) is 15.5. The summed E-state index contributed by atoms with van der Waals surface area (Å²) in [5.74, 6) is -0.0885. The fourth-order valence-corrected chi connectivity index (χ4v) is 4.79. The molecule has 6 nitrogen and oxygen atoms in total. The first-order valence-corrected chi connectivity index (χ1v) is 9.77. The number of rotatable bonds is 4. The number of Topliss-reactive ketones (excluding diaryl/α,β-unsaturated/α-hetero) is 1. The van der Waals surface area contributed by atoms with Gasteiger partial charge in [0, 0.05) is 35.6 Å². The summed E-state index contributed by atoms with van der Waals surface area (Å²) in [5.41, 5.74) is 1.23. The lowest BCUT2D eigenvalue weighted by Crippen LogP contribution is -2.55. The Kier molecular flexibility index (Phi) is 4.72. The van der Waals surface area contributed by atoms with Gasteiger partial charge in [0.2, 0.25) is 5.91 Å². The van der Waals surface area contributed by atoms with Crippen LogP contribution in [0.2, 0.25) is 0 Å². The largest absolute Gasteiger partial charge is 0.360 e. The number of aromatic nitrogens is 1. The first kappa shape index (κ1) is 17.8. The molecule has 1 aromatic heterocycles. The number of H-pyrrole nitrogens is 1. The Hall–Kier alpha value is -2.63. The Morgan fingerprint density at radius 3 is 2.85 bits per heavy atom. The Morgan fingerprint density at radius 1 is 1.22 bits per heavy atom. The van der Waals surface area contributed by atoms with Crippen LogP contribution >= 0.6 is 0 Å². The number of benzene rings is 1. The maximum atomic E-state index is 12.6. The van der Waals surface area contributed by atoms with Crippen LogP contribution in [0.3, 0.4) is 0 Å². The second-order valence-electron chi connectivity index (χ2n) is 7.77. The molecular formula is C21H25N3O3. The molecule has 2 fully saturated rings. The van der Waals surface area contributed by atoms with Crippen LogP contribution in [0.1, 0.15) is 49.4 Å². The summed E-state index contributed by atoms with van der Waals surface area (Å²) >= 11 is 0. The third-order valence-electron chi connectivity index (χ3n) is 6.20. The van der Waals surface area contributed by atoms with Crippen LogP contribution in [-0.4, -0.2) is 34.7 Å². The molecule has 1 aliphatic carbocycles. The van der Waals surface area contributed by atoms with E-state index in [1.807, 2.05) is 24.3 Å². The molecule has 27 heavy (non-hydrogen) atoms. The molecule has 1 aromatic carbocycles. The minimum absolute atomic E-state index is 0.0798. The molecule has 0 bridgehead atoms. The molecule has 1 saturated heterocycles. The predicted molar refractivity (Wildman–Crippen MR) is 102 cm³/mol. The average molecular weight is 367 g/mol. The summed E-state index contributed by atoms with van der Waals surface area (Å²) < 4.78 is 0. The predicted octanol–water partition coefficient (Wildman–Crippen LogP) is 2.55. The van der Waals surface area contributed by atoms with Crippen molar-refractivity contribution in [1.29, 1.82) is 0 Å². The van der Waals surface area contributed by atoms with Crippen LogP contribution in [0, 0.1) is 11.8 Å². The molecule has 4 rings (SSSR count). The number of hydrogen-bond acceptors (Lipinski definition) is 3. The van der Waals surface area contributed by atoms with Gasteiger partial charge in [0.25, 0.3) is 11.7 Å². The molecular weight excluding hydrogens is 342 g/mol. The van der Waals surface area contributed by atoms with Crippen LogP contribution in [-0.2, 0) is 9.59 Å². The van der Waals surface area contributed by atoms with E-state index >= 15 is 0 Å². The zero-order chi connectivity index (χ0) is 19.0. The number of fused-ring (bicyclic) bond motifs is 2. The lowest BCUT2D eigenvalue weighted by atomic mass is 9.70. The molecule has 3 N–H and O–H groups in total. The Labute approximate surface area is 158 Å². The minimum Gasteiger partial charge on any atom is -0.360 e. The van der Waals surface area contributed by atoms with Crippen LogP contribution in [0.4, 0.5) is 0 Å². The van der Waals surface area contributed by atoms with Gasteiger partial charge in [-0.15, -0.1) is 0 Å². The summed E-state index contributed by atoms with van der Waals surface area (Å²) in [5, 5.41) is 6.74. The van der Waals surface area contributed by atoms with Gasteiger partial charge in [0.05, 0.1) is 5.56 Å². The molecule has 1 saturated carbocycles. The fourth-order valence-electron chi connectivity index (χ4n) is 4.79. The van der Waals surface area contributed by atoms with Gasteiger partial charge in [-0.05, 0) is 37.2 Å². The SMILES string of the molecule is CCC1CC(=O)NC2CC(NC(=O)C(=O)c3c[nH]c4ccccc34)CCC12. The highest BCUT2D eigenvalue weighted by Crippen LogP contribution is 2.37. The van der Waals surface area contributed by atoms with Crippen LogP contribution in [0.25, 0.3) is 10.9 Å². The van der Waals surface area contributed by atoms with E-state index in [0.717, 1.165) is 30.2 Å². The van der Waals surface area contributed by atoms with Gasteiger partial charge in [0.15, 0.2) is 0 Å². The van der Waals surface area contributed by atoms with Gasteiger partial charge >= 0.3 is 0 Å². The molecule has 4 atom stereocenters. The van der Waals surface area contributed by atoms with Gasteiger partial charge < -0.3 is 15.6 Å². The van der Waals surface area contributed by atoms with E-state index in [1.165, 1.54) is 0 Å². The topological polar surface area (TPSA) is 91.1 Å². The lowest BCUT2D eigenvalue weighted by Gasteiger charge is -2.43. The number of hydrogen-bond donors (Lipinski definition) is 3. The first-order valence-electron chi connectivity index (χ1n) is 9.77. The normalized spacial score (nSPS) is 27.7. The van der Waals surface area contributed by atoms with Crippen molar-refractivity contribution in [2.45, 2.75) is 51.1 Å². The van der Waals surface area contributed by atoms with Crippen LogP contribution in [0.5, 0.6) is 0 Å². The Balaban J connectivity index is 1.43. The molecule has 6 heteroatoms. The highest BCUT2D eigenvalue weighted by atomic mass is 16.2. The average Bonchev–Trinajstić information content (AvgIpc) is 3.10. The van der Waals surface area contributed by atoms with Crippen molar-refractivity contribution in [3.8, 4) is 0 Å². The fraction of sp³-hybridized carbons (Fsp3) is 0.476. The van der Waals surface area contributed by atoms with Gasteiger partial charge in [-0.25, -0.2) is 0 Å². The van der Waals surface area contributed by atoms with E-state index < -0.39 is 11.7 Å². The molecule has 2 aromatic rings. The summed E-state index contributed by atoms with van der Waals surface area (Å²) in [6, 6.07) is 7.46. The van der Waals surface area contributed by atoms with Crippen molar-refractivity contribution in [3.63, 3.8) is 0 Å². The van der Waals surface area contributed by atoms with Gasteiger partial charge in [-0.1, -0.05) is 31.5 Å². The maximum Gasteiger partial charge on any atom is 0.292 e. The molecule has 0 radical (unpaired) electrons. The second-order valence-corrected chi connectivity index (χ2v) is 7.77. The number of carbonyl (C=O) groups excluding carboxylic acids is 3. The van der Waals surface area contributed by atoms with E-state index in [4.69, 9.17) is 0 Å². The number of nitrogens with one attached hydrogen (secondary N) is 3. The van der Waals surface area contributed by atoms with Crippen molar-refractivity contribution < 1.29 is 14.4 Å². The zero-order valence-electron chi connectivity index (χ0n) is 15.5. The number of para-hydroxylation sites is 1. The van der Waals surface area contributed by atoms with Crippen molar-refractivity contribution in [2.75, 3.05) is 0 Å². The number of piperidine rings is 1. The van der Waals surface area contributed by atoms with E-state index in [0.29, 0.717) is 30.2 Å². The van der Waals surface area contributed by atoms with Crippen molar-refractivity contribution in [3.05, 3.63) is 36.0 Å². The summed E-state index contributed by atoms with van der Waals surface area (Å²) in [4.78, 5) is 40.1. The smallest absolute Gasteiger partial charge is 0.292 e.